The van der Waals surface area contributed by atoms with E-state index in [2.05, 4.69) is 10.6 Å². The van der Waals surface area contributed by atoms with E-state index in [9.17, 15) is 4.79 Å². The van der Waals surface area contributed by atoms with Crippen molar-refractivity contribution >= 4 is 5.91 Å². The summed E-state index contributed by atoms with van der Waals surface area (Å²) in [5, 5.41) is 22.2. The van der Waals surface area contributed by atoms with E-state index >= 15 is 0 Å². The summed E-state index contributed by atoms with van der Waals surface area (Å²) in [7, 11) is 0. The molecule has 13 heavy (non-hydrogen) atoms. The predicted octanol–water partition coefficient (Wildman–Crippen LogP) is -1.01. The lowest BCUT2D eigenvalue weighted by Crippen LogP contribution is -2.47. The molecule has 0 aliphatic rings. The Kier molecular flexibility index (Phi) is 5.04. The van der Waals surface area contributed by atoms with E-state index in [1.54, 1.807) is 19.9 Å². The molecule has 0 saturated heterocycles. The maximum atomic E-state index is 11.0. The van der Waals surface area contributed by atoms with Crippen molar-refractivity contribution in [2.24, 2.45) is 0 Å². The molecular weight excluding hydrogens is 170 g/mol. The summed E-state index contributed by atoms with van der Waals surface area (Å²) in [6.45, 7) is 3.64. The summed E-state index contributed by atoms with van der Waals surface area (Å²) in [5.41, 5.74) is -0.468. The Morgan fingerprint density at radius 1 is 1.62 bits per heavy atom. The lowest BCUT2D eigenvalue weighted by Gasteiger charge is -2.22. The topological polar surface area (TPSA) is 85.2 Å². The number of carbonyl (C=O) groups excluding carboxylic acids is 1. The van der Waals surface area contributed by atoms with Crippen LogP contribution in [0.2, 0.25) is 0 Å². The molecule has 5 nitrogen and oxygen atoms in total. The van der Waals surface area contributed by atoms with Gasteiger partial charge in [-0.15, -0.1) is 0 Å². The summed E-state index contributed by atoms with van der Waals surface area (Å²) in [5.74, 6) is -0.247. The maximum absolute atomic E-state index is 11.0. The third-order valence-corrected chi connectivity index (χ3v) is 1.49. The molecule has 0 fully saturated rings. The van der Waals surface area contributed by atoms with E-state index in [0.29, 0.717) is 0 Å². The van der Waals surface area contributed by atoms with Gasteiger partial charge in [0.1, 0.15) is 6.54 Å². The summed E-state index contributed by atoms with van der Waals surface area (Å²) < 4.78 is 0. The van der Waals surface area contributed by atoms with Gasteiger partial charge in [-0.1, -0.05) is 0 Å². The first-order valence-corrected chi connectivity index (χ1v) is 4.01. The first kappa shape index (κ1) is 11.9. The van der Waals surface area contributed by atoms with Gasteiger partial charge in [0.2, 0.25) is 5.91 Å². The van der Waals surface area contributed by atoms with Crippen LogP contribution >= 0.6 is 0 Å². The molecule has 0 aliphatic heterocycles. The first-order valence-electron chi connectivity index (χ1n) is 4.01. The summed E-state index contributed by atoms with van der Waals surface area (Å²) in [6.07, 6.45) is 0. The Balaban J connectivity index is 3.65. The Morgan fingerprint density at radius 2 is 2.23 bits per heavy atom. The fraction of sp³-hybridized carbons (Fsp3) is 0.750. The van der Waals surface area contributed by atoms with Gasteiger partial charge in [0.25, 0.3) is 0 Å². The van der Waals surface area contributed by atoms with Gasteiger partial charge >= 0.3 is 0 Å². The van der Waals surface area contributed by atoms with Crippen molar-refractivity contribution in [1.29, 1.82) is 5.26 Å². The molecule has 0 spiro atoms. The van der Waals surface area contributed by atoms with Crippen molar-refractivity contribution in [3.05, 3.63) is 0 Å². The SMILES string of the molecule is CC(C)(CO)NCC(=O)NCC#N. The van der Waals surface area contributed by atoms with Gasteiger partial charge in [0, 0.05) is 5.54 Å². The molecule has 0 aromatic heterocycles. The van der Waals surface area contributed by atoms with E-state index in [0.717, 1.165) is 0 Å². The van der Waals surface area contributed by atoms with Crippen LogP contribution < -0.4 is 10.6 Å². The molecule has 0 aromatic carbocycles. The molecular formula is C8H15N3O2. The van der Waals surface area contributed by atoms with Gasteiger partial charge in [-0.05, 0) is 13.8 Å². The molecule has 0 heterocycles. The Labute approximate surface area is 77.7 Å². The van der Waals surface area contributed by atoms with Gasteiger partial charge in [-0.3, -0.25) is 4.79 Å². The fourth-order valence-electron chi connectivity index (χ4n) is 0.576. The summed E-state index contributed by atoms with van der Waals surface area (Å²) in [4.78, 5) is 11.0. The van der Waals surface area contributed by atoms with Crippen molar-refractivity contribution in [3.8, 4) is 6.07 Å². The minimum Gasteiger partial charge on any atom is -0.394 e. The van der Waals surface area contributed by atoms with Crippen LogP contribution in [0.3, 0.4) is 0 Å². The van der Waals surface area contributed by atoms with Crippen LogP contribution in [0.4, 0.5) is 0 Å². The van der Waals surface area contributed by atoms with Gasteiger partial charge in [-0.25, -0.2) is 0 Å². The number of carbonyl (C=O) groups is 1. The second-order valence-electron chi connectivity index (χ2n) is 3.33. The highest BCUT2D eigenvalue weighted by molar-refractivity contribution is 5.78. The minimum absolute atomic E-state index is 0.0140. The highest BCUT2D eigenvalue weighted by Crippen LogP contribution is 1.97. The number of hydrogen-bond donors (Lipinski definition) is 3. The molecule has 0 atom stereocenters. The molecule has 5 heteroatoms. The standard InChI is InChI=1S/C8H15N3O2/c1-8(2,6-12)11-5-7(13)10-4-3-9/h11-12H,4-6H2,1-2H3,(H,10,13). The molecule has 0 radical (unpaired) electrons. The van der Waals surface area contributed by atoms with Crippen LogP contribution in [-0.2, 0) is 4.79 Å². The zero-order valence-electron chi connectivity index (χ0n) is 7.92. The third-order valence-electron chi connectivity index (χ3n) is 1.49. The van der Waals surface area contributed by atoms with Gasteiger partial charge in [0.05, 0.1) is 19.2 Å². The van der Waals surface area contributed by atoms with Crippen LogP contribution in [0.5, 0.6) is 0 Å². The van der Waals surface area contributed by atoms with Crippen LogP contribution in [0.1, 0.15) is 13.8 Å². The van der Waals surface area contributed by atoms with Gasteiger partial charge < -0.3 is 15.7 Å². The van der Waals surface area contributed by atoms with Crippen LogP contribution in [0.25, 0.3) is 0 Å². The number of aliphatic hydroxyl groups is 1. The molecule has 74 valence electrons. The van der Waals surface area contributed by atoms with E-state index in [1.807, 2.05) is 0 Å². The van der Waals surface area contributed by atoms with E-state index in [-0.39, 0.29) is 25.6 Å². The Hall–Kier alpha value is -1.12. The number of amides is 1. The monoisotopic (exact) mass is 185 g/mol. The van der Waals surface area contributed by atoms with Crippen LogP contribution in [0, 0.1) is 11.3 Å². The quantitative estimate of drug-likeness (QED) is 0.479. The number of rotatable bonds is 5. The molecule has 0 aromatic rings. The van der Waals surface area contributed by atoms with Crippen molar-refractivity contribution in [1.82, 2.24) is 10.6 Å². The highest BCUT2D eigenvalue weighted by Gasteiger charge is 2.16. The average Bonchev–Trinajstić information content (AvgIpc) is 2.11. The summed E-state index contributed by atoms with van der Waals surface area (Å²) in [6, 6.07) is 1.80. The second kappa shape index (κ2) is 5.51. The molecule has 0 saturated carbocycles. The molecule has 0 unspecified atom stereocenters. The average molecular weight is 185 g/mol. The number of nitrogens with one attached hydrogen (secondary N) is 2. The lowest BCUT2D eigenvalue weighted by atomic mass is 10.1. The van der Waals surface area contributed by atoms with Crippen LogP contribution in [0.15, 0.2) is 0 Å². The maximum Gasteiger partial charge on any atom is 0.234 e. The highest BCUT2D eigenvalue weighted by atomic mass is 16.3. The van der Waals surface area contributed by atoms with Gasteiger partial charge in [0.15, 0.2) is 0 Å². The van der Waals surface area contributed by atoms with Crippen molar-refractivity contribution in [2.45, 2.75) is 19.4 Å². The number of hydrogen-bond acceptors (Lipinski definition) is 4. The number of nitrogens with zero attached hydrogens (tertiary/aromatic N) is 1. The van der Waals surface area contributed by atoms with E-state index in [1.165, 1.54) is 0 Å². The lowest BCUT2D eigenvalue weighted by molar-refractivity contribution is -0.120. The molecule has 0 aliphatic carbocycles. The third kappa shape index (κ3) is 6.08. The molecule has 1 amide bonds. The van der Waals surface area contributed by atoms with E-state index in [4.69, 9.17) is 10.4 Å². The normalized spacial score (nSPS) is 10.6. The number of nitriles is 1. The fourth-order valence-corrected chi connectivity index (χ4v) is 0.576. The minimum atomic E-state index is -0.468. The Morgan fingerprint density at radius 3 is 2.69 bits per heavy atom. The predicted molar refractivity (Wildman–Crippen MR) is 47.8 cm³/mol. The molecule has 0 rings (SSSR count). The molecule has 0 bridgehead atoms. The second-order valence-corrected chi connectivity index (χ2v) is 3.33. The number of aliphatic hydroxyl groups excluding tert-OH is 1. The van der Waals surface area contributed by atoms with Gasteiger partial charge in [-0.2, -0.15) is 5.26 Å². The van der Waals surface area contributed by atoms with Crippen LogP contribution in [-0.4, -0.2) is 36.2 Å². The smallest absolute Gasteiger partial charge is 0.234 e. The largest absolute Gasteiger partial charge is 0.394 e. The van der Waals surface area contributed by atoms with E-state index < -0.39 is 5.54 Å². The summed E-state index contributed by atoms with van der Waals surface area (Å²) >= 11 is 0. The molecule has 3 N–H and O–H groups in total. The zero-order valence-corrected chi connectivity index (χ0v) is 7.92. The Bertz CT molecular complexity index is 208. The zero-order chi connectivity index (χ0) is 10.3. The van der Waals surface area contributed by atoms with Crippen molar-refractivity contribution in [3.63, 3.8) is 0 Å². The van der Waals surface area contributed by atoms with Crippen molar-refractivity contribution in [2.75, 3.05) is 19.7 Å². The first-order chi connectivity index (χ1) is 6.02. The van der Waals surface area contributed by atoms with Crippen molar-refractivity contribution < 1.29 is 9.90 Å².